The van der Waals surface area contributed by atoms with Gasteiger partial charge in [0.15, 0.2) is 0 Å². The fourth-order valence-corrected chi connectivity index (χ4v) is 1.63. The highest BCUT2D eigenvalue weighted by molar-refractivity contribution is 4.75. The number of nitrogens with two attached hydrogens (primary N) is 1. The van der Waals surface area contributed by atoms with Crippen molar-refractivity contribution in [2.75, 3.05) is 26.8 Å². The van der Waals surface area contributed by atoms with Crippen LogP contribution < -0.4 is 11.1 Å². The molecule has 0 aliphatic carbocycles. The summed E-state index contributed by atoms with van der Waals surface area (Å²) in [5, 5.41) is 3.46. The molecule has 1 atom stereocenters. The summed E-state index contributed by atoms with van der Waals surface area (Å²) in [6, 6.07) is 0.400. The van der Waals surface area contributed by atoms with E-state index in [1.807, 2.05) is 12.5 Å². The van der Waals surface area contributed by atoms with E-state index in [9.17, 15) is 0 Å². The van der Waals surface area contributed by atoms with Crippen molar-refractivity contribution in [3.05, 3.63) is 18.7 Å². The van der Waals surface area contributed by atoms with Gasteiger partial charge >= 0.3 is 0 Å². The maximum Gasteiger partial charge on any atom is 0.0946 e. The number of nitrogens with zero attached hydrogens (tertiary/aromatic N) is 2. The lowest BCUT2D eigenvalue weighted by atomic mass is 10.1. The van der Waals surface area contributed by atoms with E-state index in [0.717, 1.165) is 39.1 Å². The summed E-state index contributed by atoms with van der Waals surface area (Å²) in [4.78, 5) is 4.00. The Bertz CT molecular complexity index is 250. The molecule has 0 spiro atoms. The molecule has 0 saturated heterocycles. The van der Waals surface area contributed by atoms with Crippen LogP contribution in [0.25, 0.3) is 0 Å². The third-order valence-electron chi connectivity index (χ3n) is 2.49. The lowest BCUT2D eigenvalue weighted by molar-refractivity contribution is 0.161. The molecule has 0 saturated carbocycles. The van der Waals surface area contributed by atoms with Crippen molar-refractivity contribution in [1.29, 1.82) is 0 Å². The molecule has 5 heteroatoms. The van der Waals surface area contributed by atoms with Gasteiger partial charge in [0.1, 0.15) is 0 Å². The first-order chi connectivity index (χ1) is 7.86. The number of rotatable bonds is 9. The van der Waals surface area contributed by atoms with Gasteiger partial charge in [-0.05, 0) is 19.4 Å². The number of methoxy groups -OCH3 is 1. The summed E-state index contributed by atoms with van der Waals surface area (Å²) < 4.78 is 7.22. The molecule has 0 amide bonds. The van der Waals surface area contributed by atoms with E-state index in [0.29, 0.717) is 6.04 Å². The molecule has 92 valence electrons. The number of aromatic nitrogens is 2. The first-order valence-electron chi connectivity index (χ1n) is 5.75. The zero-order valence-corrected chi connectivity index (χ0v) is 9.93. The van der Waals surface area contributed by atoms with Crippen molar-refractivity contribution in [3.8, 4) is 0 Å². The Balaban J connectivity index is 2.15. The smallest absolute Gasteiger partial charge is 0.0946 e. The van der Waals surface area contributed by atoms with E-state index in [4.69, 9.17) is 10.5 Å². The second-order valence-electron chi connectivity index (χ2n) is 3.84. The minimum absolute atomic E-state index is 0.400. The minimum Gasteiger partial charge on any atom is -0.383 e. The van der Waals surface area contributed by atoms with Crippen LogP contribution >= 0.6 is 0 Å². The summed E-state index contributed by atoms with van der Waals surface area (Å²) in [5.41, 5.74) is 5.50. The second kappa shape index (κ2) is 8.27. The molecule has 0 aliphatic rings. The largest absolute Gasteiger partial charge is 0.383 e. The first kappa shape index (κ1) is 13.2. The molecule has 0 aliphatic heterocycles. The van der Waals surface area contributed by atoms with E-state index in [-0.39, 0.29) is 0 Å². The predicted molar refractivity (Wildman–Crippen MR) is 64.2 cm³/mol. The summed E-state index contributed by atoms with van der Waals surface area (Å²) in [5.74, 6) is 0. The lowest BCUT2D eigenvalue weighted by Crippen LogP contribution is -2.35. The Kier molecular flexibility index (Phi) is 6.80. The van der Waals surface area contributed by atoms with Gasteiger partial charge in [-0.25, -0.2) is 4.98 Å². The average Bonchev–Trinajstić information content (AvgIpc) is 2.79. The molecule has 0 bridgehead atoms. The summed E-state index contributed by atoms with van der Waals surface area (Å²) in [6.45, 7) is 3.34. The summed E-state index contributed by atoms with van der Waals surface area (Å²) in [7, 11) is 1.73. The van der Waals surface area contributed by atoms with Gasteiger partial charge in [-0.1, -0.05) is 0 Å². The van der Waals surface area contributed by atoms with Crippen molar-refractivity contribution in [2.24, 2.45) is 5.73 Å². The molecule has 1 unspecified atom stereocenters. The minimum atomic E-state index is 0.400. The van der Waals surface area contributed by atoms with Gasteiger partial charge in [0, 0.05) is 38.6 Å². The lowest BCUT2D eigenvalue weighted by Gasteiger charge is -2.17. The van der Waals surface area contributed by atoms with Crippen molar-refractivity contribution in [1.82, 2.24) is 14.9 Å². The Morgan fingerprint density at radius 3 is 3.06 bits per heavy atom. The molecule has 1 rings (SSSR count). The fraction of sp³-hybridized carbons (Fsp3) is 0.727. The maximum atomic E-state index is 5.50. The number of imidazole rings is 1. The Morgan fingerprint density at radius 1 is 1.56 bits per heavy atom. The molecule has 0 fully saturated rings. The van der Waals surface area contributed by atoms with Gasteiger partial charge in [0.05, 0.1) is 12.9 Å². The third kappa shape index (κ3) is 5.25. The van der Waals surface area contributed by atoms with Gasteiger partial charge in [-0.15, -0.1) is 0 Å². The van der Waals surface area contributed by atoms with Gasteiger partial charge in [-0.3, -0.25) is 0 Å². The standard InChI is InChI=1S/C11H22N4O/c1-16-9-11(3-2-4-12)14-6-8-15-7-5-13-10-15/h5,7,10-11,14H,2-4,6,8-9,12H2,1H3. The summed E-state index contributed by atoms with van der Waals surface area (Å²) >= 11 is 0. The van der Waals surface area contributed by atoms with Crippen molar-refractivity contribution in [3.63, 3.8) is 0 Å². The van der Waals surface area contributed by atoms with Crippen LogP contribution in [0.4, 0.5) is 0 Å². The first-order valence-corrected chi connectivity index (χ1v) is 5.75. The van der Waals surface area contributed by atoms with E-state index in [1.54, 1.807) is 13.3 Å². The van der Waals surface area contributed by atoms with Gasteiger partial charge in [0.2, 0.25) is 0 Å². The molecule has 1 aromatic heterocycles. The number of nitrogens with one attached hydrogen (secondary N) is 1. The number of hydrogen-bond acceptors (Lipinski definition) is 4. The van der Waals surface area contributed by atoms with Crippen LogP contribution in [0.2, 0.25) is 0 Å². The third-order valence-corrected chi connectivity index (χ3v) is 2.49. The van der Waals surface area contributed by atoms with Crippen LogP contribution in [-0.4, -0.2) is 42.4 Å². The number of hydrogen-bond donors (Lipinski definition) is 2. The topological polar surface area (TPSA) is 65.1 Å². The Labute approximate surface area is 97.0 Å². The quantitative estimate of drug-likeness (QED) is 0.632. The molecule has 16 heavy (non-hydrogen) atoms. The highest BCUT2D eigenvalue weighted by Gasteiger charge is 2.06. The number of ether oxygens (including phenoxy) is 1. The molecule has 0 aromatic carbocycles. The second-order valence-corrected chi connectivity index (χ2v) is 3.84. The predicted octanol–water partition coefficient (Wildman–Crippen LogP) is 0.227. The Hall–Kier alpha value is -0.910. The molecule has 1 aromatic rings. The van der Waals surface area contributed by atoms with Gasteiger partial charge in [-0.2, -0.15) is 0 Å². The SMILES string of the molecule is COCC(CCCN)NCCn1ccnc1. The Morgan fingerprint density at radius 2 is 2.44 bits per heavy atom. The van der Waals surface area contributed by atoms with Crippen molar-refractivity contribution < 1.29 is 4.74 Å². The average molecular weight is 226 g/mol. The van der Waals surface area contributed by atoms with E-state index < -0.39 is 0 Å². The monoisotopic (exact) mass is 226 g/mol. The van der Waals surface area contributed by atoms with Crippen LogP contribution in [0.5, 0.6) is 0 Å². The zero-order valence-electron chi connectivity index (χ0n) is 9.93. The van der Waals surface area contributed by atoms with Crippen LogP contribution in [0, 0.1) is 0 Å². The molecule has 5 nitrogen and oxygen atoms in total. The van der Waals surface area contributed by atoms with Crippen LogP contribution in [-0.2, 0) is 11.3 Å². The highest BCUT2D eigenvalue weighted by Crippen LogP contribution is 1.96. The van der Waals surface area contributed by atoms with Crippen LogP contribution in [0.1, 0.15) is 12.8 Å². The van der Waals surface area contributed by atoms with Gasteiger partial charge in [0.25, 0.3) is 0 Å². The van der Waals surface area contributed by atoms with Crippen LogP contribution in [0.3, 0.4) is 0 Å². The van der Waals surface area contributed by atoms with E-state index in [2.05, 4.69) is 14.9 Å². The molecule has 3 N–H and O–H groups in total. The zero-order chi connectivity index (χ0) is 11.6. The maximum absolute atomic E-state index is 5.50. The van der Waals surface area contributed by atoms with E-state index in [1.165, 1.54) is 0 Å². The fourth-order valence-electron chi connectivity index (χ4n) is 1.63. The molecular weight excluding hydrogens is 204 g/mol. The van der Waals surface area contributed by atoms with Crippen LogP contribution in [0.15, 0.2) is 18.7 Å². The van der Waals surface area contributed by atoms with Crippen molar-refractivity contribution in [2.45, 2.75) is 25.4 Å². The van der Waals surface area contributed by atoms with E-state index >= 15 is 0 Å². The molecular formula is C11H22N4O. The highest BCUT2D eigenvalue weighted by atomic mass is 16.5. The normalized spacial score (nSPS) is 12.9. The molecule has 1 heterocycles. The van der Waals surface area contributed by atoms with Gasteiger partial charge < -0.3 is 20.4 Å². The van der Waals surface area contributed by atoms with Crippen molar-refractivity contribution >= 4 is 0 Å². The summed E-state index contributed by atoms with van der Waals surface area (Å²) in [6.07, 6.45) is 7.68. The molecule has 0 radical (unpaired) electrons.